The summed E-state index contributed by atoms with van der Waals surface area (Å²) in [6, 6.07) is -0.655. The summed E-state index contributed by atoms with van der Waals surface area (Å²) < 4.78 is 0. The minimum atomic E-state index is -0.879. The summed E-state index contributed by atoms with van der Waals surface area (Å²) in [7, 11) is 0. The molecule has 1 atom stereocenters. The molecular formula is C6H12ClN5O3. The average molecular weight is 238 g/mol. The molecular weight excluding hydrogens is 226 g/mol. The molecule has 9 heteroatoms. The van der Waals surface area contributed by atoms with Crippen LogP contribution in [0.25, 0.3) is 0 Å². The van der Waals surface area contributed by atoms with Crippen LogP contribution in [0.15, 0.2) is 0 Å². The lowest BCUT2D eigenvalue weighted by Gasteiger charge is -2.28. The zero-order chi connectivity index (χ0) is 10.7. The smallest absolute Gasteiger partial charge is 0.260 e. The summed E-state index contributed by atoms with van der Waals surface area (Å²) in [6.07, 6.45) is 1.20. The van der Waals surface area contributed by atoms with Crippen molar-refractivity contribution in [1.29, 1.82) is 5.41 Å². The average Bonchev–Trinajstić information content (AvgIpc) is 2.08. The Morgan fingerprint density at radius 3 is 2.87 bits per heavy atom. The molecule has 8 nitrogen and oxygen atoms in total. The predicted octanol–water partition coefficient (Wildman–Crippen LogP) is -0.926. The number of likely N-dealkylation sites (tertiary alicyclic amines) is 1. The van der Waals surface area contributed by atoms with Gasteiger partial charge in [0.2, 0.25) is 5.91 Å². The van der Waals surface area contributed by atoms with E-state index in [1.165, 1.54) is 0 Å². The van der Waals surface area contributed by atoms with Crippen LogP contribution in [0.3, 0.4) is 0 Å². The van der Waals surface area contributed by atoms with E-state index < -0.39 is 22.9 Å². The highest BCUT2D eigenvalue weighted by atomic mass is 35.5. The highest BCUT2D eigenvalue weighted by Crippen LogP contribution is 2.09. The van der Waals surface area contributed by atoms with Crippen LogP contribution in [0.1, 0.15) is 12.8 Å². The lowest BCUT2D eigenvalue weighted by Crippen LogP contribution is -2.55. The Kier molecular flexibility index (Phi) is 4.95. The first-order valence-electron chi connectivity index (χ1n) is 4.09. The zero-order valence-corrected chi connectivity index (χ0v) is 8.62. The van der Waals surface area contributed by atoms with E-state index in [0.717, 1.165) is 4.90 Å². The molecule has 1 aliphatic heterocycles. The van der Waals surface area contributed by atoms with E-state index in [0.29, 0.717) is 19.4 Å². The molecule has 1 amide bonds. The SMILES string of the molecule is Cl.N=C(N[N+](=O)[O-])N1CCC[C@H](N)C1=O. The molecule has 0 bridgehead atoms. The molecule has 0 radical (unpaired) electrons. The van der Waals surface area contributed by atoms with Crippen LogP contribution >= 0.6 is 12.4 Å². The Morgan fingerprint density at radius 1 is 1.73 bits per heavy atom. The van der Waals surface area contributed by atoms with Gasteiger partial charge in [0.25, 0.3) is 5.96 Å². The van der Waals surface area contributed by atoms with E-state index >= 15 is 0 Å². The maximum atomic E-state index is 11.3. The van der Waals surface area contributed by atoms with Crippen LogP contribution in [-0.4, -0.2) is 34.4 Å². The van der Waals surface area contributed by atoms with Crippen molar-refractivity contribution in [3.8, 4) is 0 Å². The van der Waals surface area contributed by atoms with Crippen LogP contribution in [0, 0.1) is 15.5 Å². The van der Waals surface area contributed by atoms with Gasteiger partial charge in [-0.05, 0) is 12.8 Å². The van der Waals surface area contributed by atoms with Crippen molar-refractivity contribution < 1.29 is 9.83 Å². The molecule has 0 spiro atoms. The van der Waals surface area contributed by atoms with Crippen LogP contribution in [0.4, 0.5) is 0 Å². The monoisotopic (exact) mass is 237 g/mol. The first kappa shape index (κ1) is 13.6. The number of carbonyl (C=O) groups excluding carboxylic acids is 1. The number of guanidine groups is 1. The number of amides is 1. The normalized spacial score (nSPS) is 20.5. The summed E-state index contributed by atoms with van der Waals surface area (Å²) in [5.41, 5.74) is 7.07. The number of hydrogen-bond acceptors (Lipinski definition) is 5. The largest absolute Gasteiger partial charge is 0.320 e. The third kappa shape index (κ3) is 3.33. The first-order chi connectivity index (χ1) is 6.52. The number of piperidine rings is 1. The van der Waals surface area contributed by atoms with Crippen molar-refractivity contribution in [2.75, 3.05) is 6.54 Å². The molecule has 15 heavy (non-hydrogen) atoms. The molecule has 0 aromatic carbocycles. The lowest BCUT2D eigenvalue weighted by atomic mass is 10.1. The summed E-state index contributed by atoms with van der Waals surface area (Å²) in [4.78, 5) is 22.4. The number of hydrogen-bond donors (Lipinski definition) is 3. The quantitative estimate of drug-likeness (QED) is 0.235. The van der Waals surface area contributed by atoms with Gasteiger partial charge in [-0.2, -0.15) is 0 Å². The minimum absolute atomic E-state index is 0. The molecule has 1 heterocycles. The van der Waals surface area contributed by atoms with Gasteiger partial charge in [0.05, 0.1) is 6.04 Å². The van der Waals surface area contributed by atoms with Crippen LogP contribution in [0.5, 0.6) is 0 Å². The number of rotatable bonds is 1. The number of carbonyl (C=O) groups is 1. The first-order valence-corrected chi connectivity index (χ1v) is 4.09. The molecule has 86 valence electrons. The molecule has 0 aliphatic carbocycles. The van der Waals surface area contributed by atoms with Crippen LogP contribution in [-0.2, 0) is 4.79 Å². The number of hydrazine groups is 1. The van der Waals surface area contributed by atoms with Crippen LogP contribution < -0.4 is 11.2 Å². The van der Waals surface area contributed by atoms with E-state index in [1.54, 1.807) is 5.43 Å². The van der Waals surface area contributed by atoms with Gasteiger partial charge in [-0.3, -0.25) is 15.1 Å². The number of nitro groups is 1. The third-order valence-electron chi connectivity index (χ3n) is 1.95. The Bertz CT molecular complexity index is 284. The summed E-state index contributed by atoms with van der Waals surface area (Å²) >= 11 is 0. The van der Waals surface area contributed by atoms with Gasteiger partial charge in [-0.1, -0.05) is 5.43 Å². The Balaban J connectivity index is 0.00000196. The highest BCUT2D eigenvalue weighted by Gasteiger charge is 2.29. The third-order valence-corrected chi connectivity index (χ3v) is 1.95. The van der Waals surface area contributed by atoms with Gasteiger partial charge < -0.3 is 5.73 Å². The van der Waals surface area contributed by atoms with Gasteiger partial charge in [0.1, 0.15) is 0 Å². The van der Waals surface area contributed by atoms with Crippen molar-refractivity contribution >= 4 is 24.3 Å². The predicted molar refractivity (Wildman–Crippen MR) is 54.0 cm³/mol. The van der Waals surface area contributed by atoms with Crippen molar-refractivity contribution in [3.05, 3.63) is 10.1 Å². The summed E-state index contributed by atoms with van der Waals surface area (Å²) in [6.45, 7) is 0.298. The van der Waals surface area contributed by atoms with Crippen molar-refractivity contribution in [2.24, 2.45) is 5.73 Å². The van der Waals surface area contributed by atoms with Crippen molar-refractivity contribution in [2.45, 2.75) is 18.9 Å². The molecule has 0 saturated carbocycles. The minimum Gasteiger partial charge on any atom is -0.320 e. The molecule has 4 N–H and O–H groups in total. The molecule has 0 aromatic rings. The second-order valence-electron chi connectivity index (χ2n) is 2.96. The molecule has 0 aromatic heterocycles. The zero-order valence-electron chi connectivity index (χ0n) is 7.80. The van der Waals surface area contributed by atoms with Gasteiger partial charge in [0, 0.05) is 6.54 Å². The Hall–Kier alpha value is -1.41. The van der Waals surface area contributed by atoms with Gasteiger partial charge in [-0.25, -0.2) is 10.1 Å². The molecule has 0 unspecified atom stereocenters. The topological polar surface area (TPSA) is 125 Å². The standard InChI is InChI=1S/C6H11N5O3.ClH/c7-4-2-1-3-10(5(4)12)6(8)9-11(13)14;/h4H,1-3,7H2,(H2,8,9);1H/t4-;/m0./s1. The fourth-order valence-corrected chi connectivity index (χ4v) is 1.27. The second kappa shape index (κ2) is 5.47. The summed E-state index contributed by atoms with van der Waals surface area (Å²) in [5, 5.41) is 16.4. The second-order valence-corrected chi connectivity index (χ2v) is 2.96. The highest BCUT2D eigenvalue weighted by molar-refractivity contribution is 5.98. The van der Waals surface area contributed by atoms with E-state index in [9.17, 15) is 14.9 Å². The van der Waals surface area contributed by atoms with E-state index in [4.69, 9.17) is 11.1 Å². The number of nitrogens with two attached hydrogens (primary N) is 1. The fourth-order valence-electron chi connectivity index (χ4n) is 1.27. The van der Waals surface area contributed by atoms with Gasteiger partial charge in [0.15, 0.2) is 5.03 Å². The van der Waals surface area contributed by atoms with Gasteiger partial charge in [-0.15, -0.1) is 12.4 Å². The molecule has 1 saturated heterocycles. The molecule has 1 fully saturated rings. The lowest BCUT2D eigenvalue weighted by molar-refractivity contribution is -0.526. The Labute approximate surface area is 91.8 Å². The fraction of sp³-hybridized carbons (Fsp3) is 0.667. The van der Waals surface area contributed by atoms with E-state index in [-0.39, 0.29) is 12.4 Å². The number of nitrogens with one attached hydrogen (secondary N) is 2. The Morgan fingerprint density at radius 2 is 2.33 bits per heavy atom. The van der Waals surface area contributed by atoms with Gasteiger partial charge >= 0.3 is 0 Å². The van der Waals surface area contributed by atoms with E-state index in [2.05, 4.69) is 0 Å². The maximum absolute atomic E-state index is 11.3. The van der Waals surface area contributed by atoms with Crippen LogP contribution in [0.2, 0.25) is 0 Å². The molecule has 1 aliphatic rings. The molecule has 1 rings (SSSR count). The number of halogens is 1. The maximum Gasteiger partial charge on any atom is 0.260 e. The summed E-state index contributed by atoms with van der Waals surface area (Å²) in [5.74, 6) is -0.981. The van der Waals surface area contributed by atoms with Crippen molar-refractivity contribution in [3.63, 3.8) is 0 Å². The number of nitrogens with zero attached hydrogens (tertiary/aromatic N) is 2. The van der Waals surface area contributed by atoms with Crippen molar-refractivity contribution in [1.82, 2.24) is 10.3 Å². The van der Waals surface area contributed by atoms with E-state index in [1.807, 2.05) is 0 Å².